The molecule has 4 N–H and O–H groups in total. The Bertz CT molecular complexity index is 858. The van der Waals surface area contributed by atoms with Crippen molar-refractivity contribution in [3.8, 4) is 0 Å². The number of hydrogen-bond acceptors (Lipinski definition) is 4. The molecule has 3 rings (SSSR count). The van der Waals surface area contributed by atoms with Crippen LogP contribution >= 0.6 is 11.6 Å². The van der Waals surface area contributed by atoms with Crippen molar-refractivity contribution in [3.63, 3.8) is 0 Å². The fourth-order valence-corrected chi connectivity index (χ4v) is 3.37. The van der Waals surface area contributed by atoms with E-state index in [0.717, 1.165) is 24.3 Å². The van der Waals surface area contributed by atoms with Crippen molar-refractivity contribution in [2.24, 2.45) is 0 Å². The topological polar surface area (TPSA) is 116 Å². The van der Waals surface area contributed by atoms with Gasteiger partial charge in [-0.15, -0.1) is 0 Å². The Labute approximate surface area is 180 Å². The zero-order valence-electron chi connectivity index (χ0n) is 16.4. The maximum Gasteiger partial charge on any atom is 0.414 e. The quantitative estimate of drug-likeness (QED) is 0.522. The van der Waals surface area contributed by atoms with Gasteiger partial charge in [-0.3, -0.25) is 4.79 Å². The van der Waals surface area contributed by atoms with E-state index in [1.54, 1.807) is 0 Å². The third kappa shape index (κ3) is 7.85. The lowest BCUT2D eigenvalue weighted by Crippen LogP contribution is -2.37. The minimum absolute atomic E-state index is 0.0482. The first-order valence-electron chi connectivity index (χ1n) is 9.65. The second kappa shape index (κ2) is 11.9. The van der Waals surface area contributed by atoms with Gasteiger partial charge in [0.25, 0.3) is 0 Å². The summed E-state index contributed by atoms with van der Waals surface area (Å²) in [6, 6.07) is 16.5. The number of halogens is 1. The van der Waals surface area contributed by atoms with E-state index in [9.17, 15) is 4.79 Å². The number of aliphatic carboxylic acids is 2. The molecule has 7 nitrogen and oxygen atoms in total. The van der Waals surface area contributed by atoms with E-state index in [4.69, 9.17) is 31.4 Å². The molecule has 30 heavy (non-hydrogen) atoms. The molecule has 1 unspecified atom stereocenters. The van der Waals surface area contributed by atoms with Crippen LogP contribution in [-0.2, 0) is 27.2 Å². The van der Waals surface area contributed by atoms with Crippen LogP contribution in [0.1, 0.15) is 35.6 Å². The summed E-state index contributed by atoms with van der Waals surface area (Å²) in [6.07, 6.45) is 4.22. The normalized spacial score (nSPS) is 14.6. The van der Waals surface area contributed by atoms with Crippen molar-refractivity contribution in [1.29, 1.82) is 0 Å². The fourth-order valence-electron chi connectivity index (χ4n) is 3.24. The molecule has 0 fully saturated rings. The van der Waals surface area contributed by atoms with Gasteiger partial charge in [0.2, 0.25) is 5.91 Å². The highest BCUT2D eigenvalue weighted by Crippen LogP contribution is 2.29. The summed E-state index contributed by atoms with van der Waals surface area (Å²) in [7, 11) is 0. The Morgan fingerprint density at radius 1 is 1.00 bits per heavy atom. The molecule has 160 valence electrons. The minimum Gasteiger partial charge on any atom is -0.473 e. The number of carboxylic acid groups (broad SMARTS) is 2. The second-order valence-corrected chi connectivity index (χ2v) is 7.30. The molecule has 1 atom stereocenters. The van der Waals surface area contributed by atoms with E-state index >= 15 is 0 Å². The van der Waals surface area contributed by atoms with Gasteiger partial charge in [0.15, 0.2) is 0 Å². The number of carboxylic acids is 2. The molecule has 1 aliphatic carbocycles. The van der Waals surface area contributed by atoms with Crippen LogP contribution in [0.2, 0.25) is 5.02 Å². The van der Waals surface area contributed by atoms with Crippen molar-refractivity contribution in [3.05, 3.63) is 70.2 Å². The van der Waals surface area contributed by atoms with E-state index in [1.165, 1.54) is 23.1 Å². The smallest absolute Gasteiger partial charge is 0.414 e. The van der Waals surface area contributed by atoms with Crippen LogP contribution in [0.4, 0.5) is 0 Å². The molecule has 0 radical (unpaired) electrons. The SMILES string of the molecule is O=C(CNC1CCCc2ccccc21)NCCc1ccc(Cl)cc1.O=C(O)C(=O)O. The van der Waals surface area contributed by atoms with Gasteiger partial charge in [-0.05, 0) is 54.5 Å². The Morgan fingerprint density at radius 3 is 2.33 bits per heavy atom. The minimum atomic E-state index is -1.82. The zero-order chi connectivity index (χ0) is 21.9. The molecular weight excluding hydrogens is 408 g/mol. The number of carbonyl (C=O) groups excluding carboxylic acids is 1. The number of hydrogen-bond donors (Lipinski definition) is 4. The van der Waals surface area contributed by atoms with E-state index in [1.807, 2.05) is 24.3 Å². The van der Waals surface area contributed by atoms with Crippen LogP contribution in [0, 0.1) is 0 Å². The Hall–Kier alpha value is -2.90. The van der Waals surface area contributed by atoms with Crippen LogP contribution < -0.4 is 10.6 Å². The molecule has 1 amide bonds. The molecule has 0 heterocycles. The molecule has 0 spiro atoms. The third-order valence-electron chi connectivity index (χ3n) is 4.71. The highest BCUT2D eigenvalue weighted by atomic mass is 35.5. The van der Waals surface area contributed by atoms with E-state index in [2.05, 4.69) is 34.9 Å². The van der Waals surface area contributed by atoms with Crippen LogP contribution in [0.3, 0.4) is 0 Å². The first kappa shape index (κ1) is 23.4. The van der Waals surface area contributed by atoms with Gasteiger partial charge >= 0.3 is 11.9 Å². The Kier molecular flexibility index (Phi) is 9.31. The second-order valence-electron chi connectivity index (χ2n) is 6.86. The van der Waals surface area contributed by atoms with Gasteiger partial charge in [-0.2, -0.15) is 0 Å². The van der Waals surface area contributed by atoms with Crippen molar-refractivity contribution >= 4 is 29.4 Å². The summed E-state index contributed by atoms with van der Waals surface area (Å²) < 4.78 is 0. The monoisotopic (exact) mass is 432 g/mol. The summed E-state index contributed by atoms with van der Waals surface area (Å²) in [6.45, 7) is 1.00. The summed E-state index contributed by atoms with van der Waals surface area (Å²) in [5.41, 5.74) is 3.93. The van der Waals surface area contributed by atoms with Crippen LogP contribution in [0.5, 0.6) is 0 Å². The maximum absolute atomic E-state index is 12.0. The molecule has 0 saturated carbocycles. The van der Waals surface area contributed by atoms with E-state index < -0.39 is 11.9 Å². The first-order chi connectivity index (χ1) is 14.4. The van der Waals surface area contributed by atoms with Gasteiger partial charge in [-0.25, -0.2) is 9.59 Å². The van der Waals surface area contributed by atoms with Crippen molar-refractivity contribution in [2.75, 3.05) is 13.1 Å². The summed E-state index contributed by atoms with van der Waals surface area (Å²) in [5.74, 6) is -3.60. The molecule has 0 aliphatic heterocycles. The van der Waals surface area contributed by atoms with Gasteiger partial charge in [0.1, 0.15) is 0 Å². The number of nitrogens with one attached hydrogen (secondary N) is 2. The number of carbonyl (C=O) groups is 3. The van der Waals surface area contributed by atoms with Gasteiger partial charge < -0.3 is 20.8 Å². The average Bonchev–Trinajstić information content (AvgIpc) is 2.74. The number of amides is 1. The number of fused-ring (bicyclic) bond motifs is 1. The molecule has 2 aromatic carbocycles. The lowest BCUT2D eigenvalue weighted by Gasteiger charge is -2.26. The highest BCUT2D eigenvalue weighted by Gasteiger charge is 2.19. The van der Waals surface area contributed by atoms with Crippen molar-refractivity contribution < 1.29 is 24.6 Å². The lowest BCUT2D eigenvalue weighted by atomic mass is 9.88. The lowest BCUT2D eigenvalue weighted by molar-refractivity contribution is -0.159. The van der Waals surface area contributed by atoms with Crippen LogP contribution in [0.25, 0.3) is 0 Å². The summed E-state index contributed by atoms with van der Waals surface area (Å²) in [5, 5.41) is 21.9. The van der Waals surface area contributed by atoms with Crippen LogP contribution in [0.15, 0.2) is 48.5 Å². The zero-order valence-corrected chi connectivity index (χ0v) is 17.2. The van der Waals surface area contributed by atoms with Crippen LogP contribution in [-0.4, -0.2) is 41.1 Å². The highest BCUT2D eigenvalue weighted by molar-refractivity contribution is 6.30. The average molecular weight is 433 g/mol. The third-order valence-corrected chi connectivity index (χ3v) is 4.96. The number of rotatable bonds is 6. The van der Waals surface area contributed by atoms with Gasteiger partial charge in [-0.1, -0.05) is 48.0 Å². The molecule has 0 saturated heterocycles. The molecule has 2 aromatic rings. The Morgan fingerprint density at radius 2 is 1.67 bits per heavy atom. The van der Waals surface area contributed by atoms with Crippen molar-refractivity contribution in [2.45, 2.75) is 31.7 Å². The number of aryl methyl sites for hydroxylation is 1. The van der Waals surface area contributed by atoms with Gasteiger partial charge in [0.05, 0.1) is 6.54 Å². The molecule has 1 aliphatic rings. The summed E-state index contributed by atoms with van der Waals surface area (Å²) >= 11 is 5.87. The fraction of sp³-hybridized carbons (Fsp3) is 0.318. The van der Waals surface area contributed by atoms with Gasteiger partial charge in [0, 0.05) is 17.6 Å². The first-order valence-corrected chi connectivity index (χ1v) is 10.0. The molecular formula is C22H25ClN2O5. The van der Waals surface area contributed by atoms with E-state index in [-0.39, 0.29) is 11.9 Å². The summed E-state index contributed by atoms with van der Waals surface area (Å²) in [4.78, 5) is 30.2. The predicted octanol–water partition coefficient (Wildman–Crippen LogP) is 2.82. The molecule has 0 bridgehead atoms. The van der Waals surface area contributed by atoms with Crippen molar-refractivity contribution in [1.82, 2.24) is 10.6 Å². The number of benzene rings is 2. The molecule has 8 heteroatoms. The molecule has 0 aromatic heterocycles. The Balaban J connectivity index is 0.000000469. The standard InChI is InChI=1S/C20H23ClN2O.C2H2O4/c21-17-10-8-15(9-11-17)12-13-22-20(24)14-23-19-7-3-5-16-4-1-2-6-18(16)19;3-1(4)2(5)6/h1-2,4,6,8-11,19,23H,3,5,7,12-14H2,(H,22,24);(H,3,4)(H,5,6). The largest absolute Gasteiger partial charge is 0.473 e. The maximum atomic E-state index is 12.0. The van der Waals surface area contributed by atoms with E-state index in [0.29, 0.717) is 13.1 Å². The predicted molar refractivity (Wildman–Crippen MR) is 114 cm³/mol.